The Morgan fingerprint density at radius 1 is 1.14 bits per heavy atom. The number of halogens is 2. The minimum atomic E-state index is -0.901. The first-order chi connectivity index (χ1) is 17.9. The van der Waals surface area contributed by atoms with E-state index >= 15 is 0 Å². The number of aliphatic imine (C=N–C) groups is 1. The number of hydrogen-bond acceptors (Lipinski definition) is 4. The van der Waals surface area contributed by atoms with E-state index in [-0.39, 0.29) is 11.9 Å². The molecule has 2 heterocycles. The van der Waals surface area contributed by atoms with Gasteiger partial charge in [-0.15, -0.1) is 0 Å². The van der Waals surface area contributed by atoms with Gasteiger partial charge in [-0.05, 0) is 87.6 Å². The first-order valence-corrected chi connectivity index (χ1v) is 14.4. The van der Waals surface area contributed by atoms with Crippen molar-refractivity contribution in [3.63, 3.8) is 0 Å². The largest absolute Gasteiger partial charge is 0.391 e. The molecule has 0 aromatic heterocycles. The van der Waals surface area contributed by atoms with Gasteiger partial charge < -0.3 is 10.4 Å². The third-order valence-electron chi connectivity index (χ3n) is 8.45. The number of aliphatic hydroxyl groups excluding tert-OH is 1. The molecule has 3 unspecified atom stereocenters. The van der Waals surface area contributed by atoms with Crippen LogP contribution in [0, 0.1) is 5.92 Å². The maximum absolute atomic E-state index is 13.5. The lowest BCUT2D eigenvalue weighted by molar-refractivity contribution is -0.128. The molecule has 2 fully saturated rings. The summed E-state index contributed by atoms with van der Waals surface area (Å²) >= 11 is 12.3. The summed E-state index contributed by atoms with van der Waals surface area (Å²) < 4.78 is 0. The highest BCUT2D eigenvalue weighted by atomic mass is 35.5. The second-order valence-corrected chi connectivity index (χ2v) is 11.9. The second kappa shape index (κ2) is 11.4. The number of nitrogens with zero attached hydrogens (tertiary/aromatic N) is 2. The molecule has 2 aliphatic carbocycles. The molecular weight excluding hydrogens is 505 g/mol. The van der Waals surface area contributed by atoms with Crippen LogP contribution in [-0.4, -0.2) is 45.9 Å². The van der Waals surface area contributed by atoms with Crippen molar-refractivity contribution in [1.29, 1.82) is 0 Å². The molecule has 5 atom stereocenters. The number of carbonyl (C=O) groups is 1. The SMILES string of the molecule is C[C@H](O)C1(C(=O)N[C@@H]2CCCC(C3=N/C=C\CCC4=C3C=CCC4)CC2)CN1Cc1cc(Cl)cc(Cl)c1. The summed E-state index contributed by atoms with van der Waals surface area (Å²) in [6.45, 7) is 2.74. The van der Waals surface area contributed by atoms with E-state index in [1.165, 1.54) is 11.3 Å². The topological polar surface area (TPSA) is 64.7 Å². The molecule has 37 heavy (non-hydrogen) atoms. The minimum absolute atomic E-state index is 0.0782. The van der Waals surface area contributed by atoms with Crippen LogP contribution in [0.2, 0.25) is 10.0 Å². The van der Waals surface area contributed by atoms with E-state index in [2.05, 4.69) is 23.5 Å². The predicted octanol–water partition coefficient (Wildman–Crippen LogP) is 6.39. The van der Waals surface area contributed by atoms with Gasteiger partial charge in [-0.3, -0.25) is 14.7 Å². The van der Waals surface area contributed by atoms with Gasteiger partial charge in [0, 0.05) is 41.3 Å². The Labute approximate surface area is 230 Å². The second-order valence-electron chi connectivity index (χ2n) is 11.0. The quantitative estimate of drug-likeness (QED) is 0.324. The normalized spacial score (nSPS) is 31.4. The number of nitrogens with one attached hydrogen (secondary N) is 1. The third kappa shape index (κ3) is 5.90. The van der Waals surface area contributed by atoms with Crippen LogP contribution >= 0.6 is 23.2 Å². The Morgan fingerprint density at radius 2 is 1.89 bits per heavy atom. The van der Waals surface area contributed by atoms with Crippen molar-refractivity contribution >= 4 is 34.8 Å². The fourth-order valence-electron chi connectivity index (χ4n) is 6.30. The zero-order valence-corrected chi connectivity index (χ0v) is 23.1. The van der Waals surface area contributed by atoms with Gasteiger partial charge >= 0.3 is 0 Å². The lowest BCUT2D eigenvalue weighted by atomic mass is 9.83. The molecule has 1 aromatic carbocycles. The van der Waals surface area contributed by atoms with Crippen molar-refractivity contribution in [3.8, 4) is 0 Å². The highest BCUT2D eigenvalue weighted by molar-refractivity contribution is 6.34. The summed E-state index contributed by atoms with van der Waals surface area (Å²) in [4.78, 5) is 20.5. The van der Waals surface area contributed by atoms with E-state index in [9.17, 15) is 9.90 Å². The van der Waals surface area contributed by atoms with Gasteiger partial charge in [0.1, 0.15) is 5.54 Å². The van der Waals surface area contributed by atoms with Crippen LogP contribution in [0.4, 0.5) is 0 Å². The summed E-state index contributed by atoms with van der Waals surface area (Å²) in [6, 6.07) is 5.52. The maximum Gasteiger partial charge on any atom is 0.244 e. The molecule has 2 aliphatic heterocycles. The Balaban J connectivity index is 1.24. The van der Waals surface area contributed by atoms with E-state index in [4.69, 9.17) is 28.2 Å². The van der Waals surface area contributed by atoms with Crippen molar-refractivity contribution in [1.82, 2.24) is 10.2 Å². The maximum atomic E-state index is 13.5. The number of hydrogen-bond donors (Lipinski definition) is 2. The lowest BCUT2D eigenvalue weighted by Gasteiger charge is -2.25. The molecule has 0 bridgehead atoms. The average Bonchev–Trinajstić information content (AvgIpc) is 3.60. The number of allylic oxidation sites excluding steroid dienone is 5. The van der Waals surface area contributed by atoms with Crippen molar-refractivity contribution < 1.29 is 9.90 Å². The van der Waals surface area contributed by atoms with Gasteiger partial charge in [0.05, 0.1) is 11.8 Å². The number of aliphatic hydroxyl groups is 1. The summed E-state index contributed by atoms with van der Waals surface area (Å²) in [5.74, 6) is 0.332. The van der Waals surface area contributed by atoms with E-state index in [1.54, 1.807) is 18.6 Å². The molecule has 2 N–H and O–H groups in total. The van der Waals surface area contributed by atoms with Gasteiger partial charge in [-0.2, -0.15) is 0 Å². The molecule has 1 aromatic rings. The smallest absolute Gasteiger partial charge is 0.244 e. The van der Waals surface area contributed by atoms with Crippen molar-refractivity contribution in [2.24, 2.45) is 10.9 Å². The van der Waals surface area contributed by atoms with Gasteiger partial charge in [0.15, 0.2) is 0 Å². The number of benzene rings is 1. The number of amides is 1. The van der Waals surface area contributed by atoms with Crippen LogP contribution < -0.4 is 5.32 Å². The standard InChI is InChI=1S/C30H37Cl2N3O2/c1-20(36)30(19-35(30)18-21-15-24(31)17-25(32)16-21)29(37)34-26-10-6-9-23(12-13-26)28-27-11-3-2-7-22(27)8-4-5-14-33-28/h3,5,11,14-17,20,23,26,36H,2,4,6-10,12-13,18-19H2,1H3,(H,34,37)/b14-5-,33-28?/t20-,23?,26+,30?,35?/m0/s1. The molecular formula is C30H37Cl2N3O2. The van der Waals surface area contributed by atoms with Gasteiger partial charge in [-0.1, -0.05) is 53.4 Å². The summed E-state index contributed by atoms with van der Waals surface area (Å²) in [5, 5.41) is 15.1. The van der Waals surface area contributed by atoms with E-state index in [1.807, 2.05) is 23.2 Å². The highest BCUT2D eigenvalue weighted by Gasteiger charge is 2.61. The highest BCUT2D eigenvalue weighted by Crippen LogP contribution is 2.39. The zero-order valence-electron chi connectivity index (χ0n) is 21.6. The molecule has 1 saturated carbocycles. The third-order valence-corrected chi connectivity index (χ3v) is 8.89. The Bertz CT molecular complexity index is 1140. The Morgan fingerprint density at radius 3 is 2.65 bits per heavy atom. The van der Waals surface area contributed by atoms with Crippen molar-refractivity contribution in [3.05, 3.63) is 69.4 Å². The Kier molecular flexibility index (Phi) is 8.25. The average molecular weight is 543 g/mol. The van der Waals surface area contributed by atoms with Crippen LogP contribution in [0.5, 0.6) is 0 Å². The number of rotatable bonds is 6. The van der Waals surface area contributed by atoms with Gasteiger partial charge in [0.25, 0.3) is 0 Å². The van der Waals surface area contributed by atoms with E-state index in [0.29, 0.717) is 29.1 Å². The van der Waals surface area contributed by atoms with E-state index in [0.717, 1.165) is 63.4 Å². The summed E-state index contributed by atoms with van der Waals surface area (Å²) in [5.41, 5.74) is 4.19. The molecule has 198 valence electrons. The molecule has 0 radical (unpaired) electrons. The summed E-state index contributed by atoms with van der Waals surface area (Å²) in [6.07, 6.45) is 17.5. The van der Waals surface area contributed by atoms with Crippen molar-refractivity contribution in [2.45, 2.75) is 88.9 Å². The molecule has 1 saturated heterocycles. The fourth-order valence-corrected chi connectivity index (χ4v) is 6.88. The summed E-state index contributed by atoms with van der Waals surface area (Å²) in [7, 11) is 0. The Hall–Kier alpha value is -1.92. The van der Waals surface area contributed by atoms with Crippen LogP contribution in [-0.2, 0) is 11.3 Å². The lowest BCUT2D eigenvalue weighted by Crippen LogP contribution is -2.50. The predicted molar refractivity (Wildman–Crippen MR) is 151 cm³/mol. The van der Waals surface area contributed by atoms with Crippen LogP contribution in [0.25, 0.3) is 0 Å². The minimum Gasteiger partial charge on any atom is -0.391 e. The molecule has 5 nitrogen and oxygen atoms in total. The molecule has 1 amide bonds. The monoisotopic (exact) mass is 541 g/mol. The molecule has 5 rings (SSSR count). The number of carbonyl (C=O) groups excluding carboxylic acids is 1. The first kappa shape index (κ1) is 26.7. The van der Waals surface area contributed by atoms with Crippen LogP contribution in [0.15, 0.2) is 58.8 Å². The van der Waals surface area contributed by atoms with Crippen molar-refractivity contribution in [2.75, 3.05) is 6.54 Å². The molecule has 0 spiro atoms. The van der Waals surface area contributed by atoms with Crippen LogP contribution in [0.1, 0.15) is 70.3 Å². The molecule has 4 aliphatic rings. The fraction of sp³-hybridized carbons (Fsp3) is 0.533. The van der Waals surface area contributed by atoms with E-state index < -0.39 is 11.6 Å². The van der Waals surface area contributed by atoms with Gasteiger partial charge in [-0.25, -0.2) is 0 Å². The zero-order chi connectivity index (χ0) is 26.0. The molecule has 7 heteroatoms. The van der Waals surface area contributed by atoms with Crippen LogP contribution in [0.3, 0.4) is 0 Å². The van der Waals surface area contributed by atoms with Gasteiger partial charge in [0.2, 0.25) is 5.91 Å². The first-order valence-electron chi connectivity index (χ1n) is 13.7.